The summed E-state index contributed by atoms with van der Waals surface area (Å²) in [7, 11) is 0. The van der Waals surface area contributed by atoms with Crippen LogP contribution in [0.3, 0.4) is 0 Å². The highest BCUT2D eigenvalue weighted by molar-refractivity contribution is 6.01. The molecule has 1 saturated carbocycles. The van der Waals surface area contributed by atoms with Crippen LogP contribution in [0.15, 0.2) is 40.6 Å². The molecule has 2 N–H and O–H groups in total. The Bertz CT molecular complexity index is 906. The van der Waals surface area contributed by atoms with Crippen molar-refractivity contribution in [2.75, 3.05) is 13.1 Å². The Labute approximate surface area is 173 Å². The molecule has 29 heavy (non-hydrogen) atoms. The van der Waals surface area contributed by atoms with Gasteiger partial charge in [0.05, 0.1) is 18.5 Å². The number of piperidine rings is 1. The van der Waals surface area contributed by atoms with Crippen molar-refractivity contribution in [3.8, 4) is 0 Å². The summed E-state index contributed by atoms with van der Waals surface area (Å²) in [5, 5.41) is 23.5. The molecule has 0 atom stereocenters. The molecule has 0 spiro atoms. The molecule has 2 aromatic rings. The van der Waals surface area contributed by atoms with Crippen molar-refractivity contribution < 1.29 is 10.3 Å². The quantitative estimate of drug-likeness (QED) is 0.336. The summed E-state index contributed by atoms with van der Waals surface area (Å²) in [6, 6.07) is 9.27. The Morgan fingerprint density at radius 3 is 2.38 bits per heavy atom. The Kier molecular flexibility index (Phi) is 6.07. The Morgan fingerprint density at radius 2 is 1.76 bits per heavy atom. The number of aliphatic hydroxyl groups is 1. The minimum absolute atomic E-state index is 0.0512. The second-order valence-electron chi connectivity index (χ2n) is 8.75. The highest BCUT2D eigenvalue weighted by Crippen LogP contribution is 2.36. The lowest BCUT2D eigenvalue weighted by Gasteiger charge is -2.40. The average molecular weight is 396 g/mol. The SMILES string of the molecule is CC(C)=C1CCC(N2CCC(n3c(CO)c(C=NO)c4ccccc43)CC2)CC1. The molecule has 1 aliphatic heterocycles. The lowest BCUT2D eigenvalue weighted by Crippen LogP contribution is -2.43. The summed E-state index contributed by atoms with van der Waals surface area (Å²) in [5.41, 5.74) is 5.99. The summed E-state index contributed by atoms with van der Waals surface area (Å²) in [6.07, 6.45) is 8.73. The van der Waals surface area contributed by atoms with Crippen LogP contribution in [-0.4, -0.2) is 45.1 Å². The molecule has 0 amide bonds. The zero-order chi connectivity index (χ0) is 20.4. The first-order chi connectivity index (χ1) is 14.1. The second kappa shape index (κ2) is 8.72. The van der Waals surface area contributed by atoms with Crippen molar-refractivity contribution in [2.45, 2.75) is 71.1 Å². The lowest BCUT2D eigenvalue weighted by molar-refractivity contribution is 0.115. The van der Waals surface area contributed by atoms with Gasteiger partial charge in [-0.15, -0.1) is 0 Å². The van der Waals surface area contributed by atoms with Crippen molar-refractivity contribution in [3.05, 3.63) is 46.7 Å². The molecular weight excluding hydrogens is 362 g/mol. The van der Waals surface area contributed by atoms with Crippen LogP contribution in [0.25, 0.3) is 10.9 Å². The fraction of sp³-hybridized carbons (Fsp3) is 0.542. The third-order valence-electron chi connectivity index (χ3n) is 7.04. The third-order valence-corrected chi connectivity index (χ3v) is 7.04. The molecule has 156 valence electrons. The van der Waals surface area contributed by atoms with Gasteiger partial charge in [0.25, 0.3) is 0 Å². The minimum atomic E-state index is -0.0512. The molecule has 5 heteroatoms. The van der Waals surface area contributed by atoms with Crippen LogP contribution >= 0.6 is 0 Å². The van der Waals surface area contributed by atoms with Crippen LogP contribution in [0.5, 0.6) is 0 Å². The van der Waals surface area contributed by atoms with E-state index in [1.54, 1.807) is 5.57 Å². The van der Waals surface area contributed by atoms with Crippen LogP contribution in [0.2, 0.25) is 0 Å². The van der Waals surface area contributed by atoms with Crippen molar-refractivity contribution in [1.82, 2.24) is 9.47 Å². The van der Waals surface area contributed by atoms with E-state index in [1.165, 1.54) is 37.5 Å². The number of hydrogen-bond acceptors (Lipinski definition) is 4. The Hall–Kier alpha value is -2.11. The van der Waals surface area contributed by atoms with Crippen LogP contribution in [-0.2, 0) is 6.61 Å². The molecule has 4 rings (SSSR count). The number of likely N-dealkylation sites (tertiary alicyclic amines) is 1. The number of benzene rings is 1. The molecule has 0 bridgehead atoms. The van der Waals surface area contributed by atoms with E-state index >= 15 is 0 Å². The third kappa shape index (κ3) is 3.86. The topological polar surface area (TPSA) is 61.0 Å². The smallest absolute Gasteiger partial charge is 0.0840 e. The van der Waals surface area contributed by atoms with E-state index in [9.17, 15) is 5.11 Å². The van der Waals surface area contributed by atoms with Crippen LogP contribution in [0.4, 0.5) is 0 Å². The van der Waals surface area contributed by atoms with E-state index in [2.05, 4.69) is 34.5 Å². The zero-order valence-corrected chi connectivity index (χ0v) is 17.6. The Balaban J connectivity index is 1.52. The van der Waals surface area contributed by atoms with Crippen molar-refractivity contribution in [3.63, 3.8) is 0 Å². The number of para-hydroxylation sites is 1. The monoisotopic (exact) mass is 395 g/mol. The summed E-state index contributed by atoms with van der Waals surface area (Å²) in [4.78, 5) is 2.69. The highest BCUT2D eigenvalue weighted by atomic mass is 16.4. The average Bonchev–Trinajstić information content (AvgIpc) is 3.08. The van der Waals surface area contributed by atoms with E-state index in [0.29, 0.717) is 6.04 Å². The number of rotatable bonds is 4. The Morgan fingerprint density at radius 1 is 1.07 bits per heavy atom. The summed E-state index contributed by atoms with van der Waals surface area (Å²) in [6.45, 7) is 6.67. The van der Waals surface area contributed by atoms with Gasteiger partial charge in [0.2, 0.25) is 0 Å². The van der Waals surface area contributed by atoms with Gasteiger partial charge in [0.1, 0.15) is 0 Å². The van der Waals surface area contributed by atoms with Gasteiger partial charge in [-0.25, -0.2) is 0 Å². The highest BCUT2D eigenvalue weighted by Gasteiger charge is 2.30. The number of nitrogens with zero attached hydrogens (tertiary/aromatic N) is 3. The predicted molar refractivity (Wildman–Crippen MR) is 118 cm³/mol. The first kappa shape index (κ1) is 20.2. The van der Waals surface area contributed by atoms with E-state index in [0.717, 1.165) is 54.1 Å². The molecule has 2 fully saturated rings. The summed E-state index contributed by atoms with van der Waals surface area (Å²) < 4.78 is 2.30. The number of fused-ring (bicyclic) bond motifs is 1. The van der Waals surface area contributed by atoms with Crippen LogP contribution in [0.1, 0.15) is 69.7 Å². The first-order valence-electron chi connectivity index (χ1n) is 10.9. The second-order valence-corrected chi connectivity index (χ2v) is 8.75. The van der Waals surface area contributed by atoms with E-state index in [-0.39, 0.29) is 6.61 Å². The largest absolute Gasteiger partial charge is 0.411 e. The van der Waals surface area contributed by atoms with Crippen molar-refractivity contribution in [2.24, 2.45) is 5.16 Å². The van der Waals surface area contributed by atoms with Gasteiger partial charge < -0.3 is 19.8 Å². The molecule has 2 heterocycles. The standard InChI is InChI=1S/C24H33N3O2/c1-17(2)18-7-9-19(10-8-18)26-13-11-20(12-14-26)27-23-6-4-3-5-21(23)22(15-25-29)24(27)16-28/h3-6,15,19-20,28-29H,7-14,16H2,1-2H3. The molecule has 1 saturated heterocycles. The number of aromatic nitrogens is 1. The fourth-order valence-corrected chi connectivity index (χ4v) is 5.45. The van der Waals surface area contributed by atoms with Gasteiger partial charge in [-0.3, -0.25) is 0 Å². The maximum absolute atomic E-state index is 10.1. The molecule has 0 unspecified atom stereocenters. The molecule has 5 nitrogen and oxygen atoms in total. The van der Waals surface area contributed by atoms with Crippen molar-refractivity contribution >= 4 is 17.1 Å². The molecule has 1 aromatic carbocycles. The van der Waals surface area contributed by atoms with E-state index in [4.69, 9.17) is 5.21 Å². The number of aliphatic hydroxyl groups excluding tert-OH is 1. The number of hydrogen-bond donors (Lipinski definition) is 2. The van der Waals surface area contributed by atoms with E-state index in [1.807, 2.05) is 18.2 Å². The van der Waals surface area contributed by atoms with E-state index < -0.39 is 0 Å². The molecule has 0 radical (unpaired) electrons. The van der Waals surface area contributed by atoms with Crippen LogP contribution < -0.4 is 0 Å². The van der Waals surface area contributed by atoms with Gasteiger partial charge in [0.15, 0.2) is 0 Å². The van der Waals surface area contributed by atoms with Gasteiger partial charge in [-0.05, 0) is 58.4 Å². The van der Waals surface area contributed by atoms with Gasteiger partial charge in [-0.2, -0.15) is 0 Å². The number of allylic oxidation sites excluding steroid dienone is 2. The van der Waals surface area contributed by atoms with Gasteiger partial charge in [0, 0.05) is 41.6 Å². The number of oxime groups is 1. The molecule has 1 aromatic heterocycles. The van der Waals surface area contributed by atoms with Gasteiger partial charge >= 0.3 is 0 Å². The van der Waals surface area contributed by atoms with Crippen molar-refractivity contribution in [1.29, 1.82) is 0 Å². The first-order valence-corrected chi connectivity index (χ1v) is 10.9. The normalized spacial score (nSPS) is 22.0. The van der Waals surface area contributed by atoms with Gasteiger partial charge in [-0.1, -0.05) is 34.5 Å². The minimum Gasteiger partial charge on any atom is -0.411 e. The molecule has 2 aliphatic rings. The lowest BCUT2D eigenvalue weighted by atomic mass is 9.86. The zero-order valence-electron chi connectivity index (χ0n) is 17.6. The summed E-state index contributed by atoms with van der Waals surface area (Å²) in [5.74, 6) is 0. The maximum atomic E-state index is 10.1. The van der Waals surface area contributed by atoms with Crippen LogP contribution in [0, 0.1) is 0 Å². The maximum Gasteiger partial charge on any atom is 0.0840 e. The fourth-order valence-electron chi connectivity index (χ4n) is 5.45. The summed E-state index contributed by atoms with van der Waals surface area (Å²) >= 11 is 0. The molecular formula is C24H33N3O2. The molecule has 1 aliphatic carbocycles. The predicted octanol–water partition coefficient (Wildman–Crippen LogP) is 4.86.